The topological polar surface area (TPSA) is 89.1 Å². The summed E-state index contributed by atoms with van der Waals surface area (Å²) < 4.78 is 16.3. The zero-order valence-electron chi connectivity index (χ0n) is 14.6. The lowest BCUT2D eigenvalue weighted by Crippen LogP contribution is -2.34. The van der Waals surface area contributed by atoms with Gasteiger partial charge < -0.3 is 24.6 Å². The maximum atomic E-state index is 11.9. The molecule has 24 heavy (non-hydrogen) atoms. The Hall–Kier alpha value is -2.15. The fraction of sp³-hybridized carbons (Fsp3) is 0.588. The summed E-state index contributed by atoms with van der Waals surface area (Å²) in [6, 6.07) is 3.18. The molecule has 0 aliphatic carbocycles. The highest BCUT2D eigenvalue weighted by molar-refractivity contribution is 5.88. The molecule has 7 nitrogen and oxygen atoms in total. The van der Waals surface area contributed by atoms with E-state index >= 15 is 0 Å². The van der Waals surface area contributed by atoms with Crippen molar-refractivity contribution in [3.05, 3.63) is 12.1 Å². The summed E-state index contributed by atoms with van der Waals surface area (Å²) in [4.78, 5) is 11.9. The van der Waals surface area contributed by atoms with Gasteiger partial charge in [-0.2, -0.15) is 0 Å². The number of carbonyl (C=O) groups is 1. The molecule has 1 heterocycles. The number of anilines is 1. The smallest absolute Gasteiger partial charge is 0.412 e. The largest absolute Gasteiger partial charge is 0.503 e. The van der Waals surface area contributed by atoms with Gasteiger partial charge in [0, 0.05) is 12.1 Å². The summed E-state index contributed by atoms with van der Waals surface area (Å²) in [5.41, 5.74) is -0.444. The van der Waals surface area contributed by atoms with Gasteiger partial charge in [-0.05, 0) is 46.7 Å². The average Bonchev–Trinajstić information content (AvgIpc) is 2.49. The van der Waals surface area contributed by atoms with Gasteiger partial charge in [-0.15, -0.1) is 0 Å². The number of rotatable bonds is 4. The molecule has 0 atom stereocenters. The Bertz CT molecular complexity index is 577. The first kappa shape index (κ1) is 18.2. The number of piperidine rings is 1. The van der Waals surface area contributed by atoms with Crippen molar-refractivity contribution < 1.29 is 24.1 Å². The second-order valence-corrected chi connectivity index (χ2v) is 6.72. The number of nitrogens with one attached hydrogen (secondary N) is 2. The number of amides is 1. The summed E-state index contributed by atoms with van der Waals surface area (Å²) >= 11 is 0. The van der Waals surface area contributed by atoms with Gasteiger partial charge in [0.1, 0.15) is 17.5 Å². The van der Waals surface area contributed by atoms with Crippen LogP contribution >= 0.6 is 0 Å². The maximum Gasteiger partial charge on any atom is 0.412 e. The molecule has 1 aromatic carbocycles. The zero-order chi connectivity index (χ0) is 17.7. The van der Waals surface area contributed by atoms with Crippen LogP contribution in [0.5, 0.6) is 17.2 Å². The number of hydrogen-bond donors (Lipinski definition) is 3. The Morgan fingerprint density at radius 3 is 2.54 bits per heavy atom. The molecule has 0 aromatic heterocycles. The fourth-order valence-electron chi connectivity index (χ4n) is 2.42. The summed E-state index contributed by atoms with van der Waals surface area (Å²) in [5, 5.41) is 16.0. The highest BCUT2D eigenvalue weighted by Gasteiger charge is 2.21. The van der Waals surface area contributed by atoms with Crippen molar-refractivity contribution in [2.24, 2.45) is 0 Å². The molecular formula is C17H26N2O5. The Kier molecular flexibility index (Phi) is 5.77. The number of ether oxygens (including phenoxy) is 3. The number of methoxy groups -OCH3 is 1. The molecule has 0 saturated carbocycles. The molecule has 0 bridgehead atoms. The van der Waals surface area contributed by atoms with Gasteiger partial charge in [0.25, 0.3) is 0 Å². The van der Waals surface area contributed by atoms with Crippen LogP contribution in [0.15, 0.2) is 12.1 Å². The average molecular weight is 338 g/mol. The highest BCUT2D eigenvalue weighted by atomic mass is 16.6. The molecular weight excluding hydrogens is 312 g/mol. The quantitative estimate of drug-likeness (QED) is 0.732. The predicted octanol–water partition coefficient (Wildman–Crippen LogP) is 2.88. The molecule has 2 rings (SSSR count). The van der Waals surface area contributed by atoms with E-state index in [-0.39, 0.29) is 23.3 Å². The molecule has 1 aromatic rings. The van der Waals surface area contributed by atoms with Crippen molar-refractivity contribution in [3.8, 4) is 17.2 Å². The van der Waals surface area contributed by atoms with Crippen molar-refractivity contribution in [2.45, 2.75) is 45.3 Å². The van der Waals surface area contributed by atoms with Crippen LogP contribution in [0.4, 0.5) is 10.5 Å². The van der Waals surface area contributed by atoms with Crippen molar-refractivity contribution in [3.63, 3.8) is 0 Å². The second-order valence-electron chi connectivity index (χ2n) is 6.72. The van der Waals surface area contributed by atoms with Crippen molar-refractivity contribution in [2.75, 3.05) is 25.5 Å². The van der Waals surface area contributed by atoms with E-state index in [1.807, 2.05) is 0 Å². The molecule has 1 aliphatic heterocycles. The van der Waals surface area contributed by atoms with E-state index in [1.54, 1.807) is 32.9 Å². The number of aromatic hydroxyl groups is 1. The van der Waals surface area contributed by atoms with Crippen LogP contribution in [0.1, 0.15) is 33.6 Å². The third kappa shape index (κ3) is 5.19. The molecule has 0 radical (unpaired) electrons. The fourth-order valence-corrected chi connectivity index (χ4v) is 2.42. The number of benzene rings is 1. The van der Waals surface area contributed by atoms with Crippen LogP contribution in [-0.4, -0.2) is 43.1 Å². The number of carbonyl (C=O) groups excluding carboxylic acids is 1. The lowest BCUT2D eigenvalue weighted by molar-refractivity contribution is 0.0635. The van der Waals surface area contributed by atoms with Gasteiger partial charge in [0.05, 0.1) is 12.8 Å². The van der Waals surface area contributed by atoms with E-state index in [0.717, 1.165) is 25.9 Å². The molecule has 1 fully saturated rings. The van der Waals surface area contributed by atoms with Crippen LogP contribution in [0.25, 0.3) is 0 Å². The van der Waals surface area contributed by atoms with Crippen LogP contribution in [0, 0.1) is 0 Å². The van der Waals surface area contributed by atoms with E-state index < -0.39 is 11.7 Å². The standard InChI is InChI=1S/C17H26N2O5/c1-17(2,3)24-16(21)19-13-9-12(10-14(22-4)15(13)20)23-11-5-7-18-8-6-11/h9-11,18,20H,5-8H2,1-4H3,(H,19,21). The molecule has 0 unspecified atom stereocenters. The highest BCUT2D eigenvalue weighted by Crippen LogP contribution is 2.39. The van der Waals surface area contributed by atoms with Gasteiger partial charge in [0.15, 0.2) is 11.5 Å². The minimum atomic E-state index is -0.654. The van der Waals surface area contributed by atoms with E-state index in [0.29, 0.717) is 5.75 Å². The summed E-state index contributed by atoms with van der Waals surface area (Å²) in [6.07, 6.45) is 1.24. The Morgan fingerprint density at radius 2 is 1.96 bits per heavy atom. The summed E-state index contributed by atoms with van der Waals surface area (Å²) in [5.74, 6) is 0.594. The van der Waals surface area contributed by atoms with Gasteiger partial charge in [-0.3, -0.25) is 5.32 Å². The Balaban J connectivity index is 2.16. The van der Waals surface area contributed by atoms with Crippen LogP contribution < -0.4 is 20.1 Å². The Morgan fingerprint density at radius 1 is 1.29 bits per heavy atom. The Labute approximate surface area is 142 Å². The monoisotopic (exact) mass is 338 g/mol. The van der Waals surface area contributed by atoms with Crippen LogP contribution in [0.3, 0.4) is 0 Å². The van der Waals surface area contributed by atoms with Crippen LogP contribution in [0.2, 0.25) is 0 Å². The predicted molar refractivity (Wildman–Crippen MR) is 91.0 cm³/mol. The molecule has 0 spiro atoms. The summed E-state index contributed by atoms with van der Waals surface area (Å²) in [7, 11) is 1.45. The zero-order valence-corrected chi connectivity index (χ0v) is 14.6. The first-order chi connectivity index (χ1) is 11.3. The van der Waals surface area contributed by atoms with Crippen molar-refractivity contribution in [1.82, 2.24) is 5.32 Å². The van der Waals surface area contributed by atoms with Crippen LogP contribution in [-0.2, 0) is 4.74 Å². The minimum absolute atomic E-state index is 0.0925. The van der Waals surface area contributed by atoms with Crippen molar-refractivity contribution in [1.29, 1.82) is 0 Å². The molecule has 1 saturated heterocycles. The molecule has 7 heteroatoms. The van der Waals surface area contributed by atoms with Gasteiger partial charge >= 0.3 is 6.09 Å². The summed E-state index contributed by atoms with van der Waals surface area (Å²) in [6.45, 7) is 7.11. The third-order valence-corrected chi connectivity index (χ3v) is 3.49. The van der Waals surface area contributed by atoms with Gasteiger partial charge in [0.2, 0.25) is 0 Å². The van der Waals surface area contributed by atoms with Crippen molar-refractivity contribution >= 4 is 11.8 Å². The third-order valence-electron chi connectivity index (χ3n) is 3.49. The molecule has 134 valence electrons. The normalized spacial score (nSPS) is 15.7. The second kappa shape index (κ2) is 7.61. The van der Waals surface area contributed by atoms with E-state index in [1.165, 1.54) is 7.11 Å². The lowest BCUT2D eigenvalue weighted by Gasteiger charge is -2.25. The van der Waals surface area contributed by atoms with E-state index in [9.17, 15) is 9.90 Å². The number of phenolic OH excluding ortho intramolecular Hbond substituents is 1. The molecule has 3 N–H and O–H groups in total. The lowest BCUT2D eigenvalue weighted by atomic mass is 10.1. The number of hydrogen-bond acceptors (Lipinski definition) is 6. The number of phenols is 1. The molecule has 1 amide bonds. The van der Waals surface area contributed by atoms with E-state index in [2.05, 4.69) is 10.6 Å². The first-order valence-electron chi connectivity index (χ1n) is 8.07. The maximum absolute atomic E-state index is 11.9. The minimum Gasteiger partial charge on any atom is -0.503 e. The first-order valence-corrected chi connectivity index (χ1v) is 8.07. The molecule has 1 aliphatic rings. The van der Waals surface area contributed by atoms with Gasteiger partial charge in [-0.25, -0.2) is 4.79 Å². The van der Waals surface area contributed by atoms with Gasteiger partial charge in [-0.1, -0.05) is 0 Å². The SMILES string of the molecule is COc1cc(OC2CCNCC2)cc(NC(=O)OC(C)(C)C)c1O. The van der Waals surface area contributed by atoms with E-state index in [4.69, 9.17) is 14.2 Å².